The molecule has 8 aromatic carbocycles. The first kappa shape index (κ1) is 18.1. The molecule has 0 aromatic heterocycles. The molecule has 0 spiro atoms. The predicted octanol–water partition coefficient (Wildman–Crippen LogP) is 9.71. The molecule has 0 aliphatic heterocycles. The maximum atomic E-state index is 2.40. The van der Waals surface area contributed by atoms with E-state index in [0.717, 1.165) is 0 Å². The summed E-state index contributed by atoms with van der Waals surface area (Å²) in [6.07, 6.45) is 0. The van der Waals surface area contributed by atoms with Gasteiger partial charge in [-0.2, -0.15) is 0 Å². The molecule has 0 unspecified atom stereocenters. The largest absolute Gasteiger partial charge is 0.0616 e. The van der Waals surface area contributed by atoms with Gasteiger partial charge in [-0.1, -0.05) is 115 Å². The first-order chi connectivity index (χ1) is 16.9. The summed E-state index contributed by atoms with van der Waals surface area (Å²) in [5.41, 5.74) is 2.57. The topological polar surface area (TPSA) is 0 Å². The number of hydrogen-bond donors (Lipinski definition) is 0. The second-order valence-corrected chi connectivity index (χ2v) is 9.32. The average molecular weight is 429 g/mol. The third-order valence-corrected chi connectivity index (χ3v) is 7.58. The summed E-state index contributed by atoms with van der Waals surface area (Å²) in [7, 11) is 0. The minimum absolute atomic E-state index is 1.27. The molecule has 0 heteroatoms. The molecule has 0 heterocycles. The highest BCUT2D eigenvalue weighted by molar-refractivity contribution is 6.27. The fraction of sp³-hybridized carbons (Fsp3) is 0. The summed E-state index contributed by atoms with van der Waals surface area (Å²) in [5, 5.41) is 15.9. The third kappa shape index (κ3) is 2.32. The lowest BCUT2D eigenvalue weighted by atomic mass is 9.88. The summed E-state index contributed by atoms with van der Waals surface area (Å²) in [5.74, 6) is 0. The van der Waals surface area contributed by atoms with Crippen molar-refractivity contribution in [3.8, 4) is 11.1 Å². The Bertz CT molecular complexity index is 2010. The zero-order chi connectivity index (χ0) is 22.2. The molecule has 0 fully saturated rings. The Hall–Kier alpha value is -4.42. The molecular formula is C34H20. The Balaban J connectivity index is 1.50. The highest BCUT2D eigenvalue weighted by atomic mass is 14.2. The van der Waals surface area contributed by atoms with Crippen molar-refractivity contribution in [3.63, 3.8) is 0 Å². The second-order valence-electron chi connectivity index (χ2n) is 9.32. The van der Waals surface area contributed by atoms with Gasteiger partial charge in [0.1, 0.15) is 0 Å². The van der Waals surface area contributed by atoms with Gasteiger partial charge in [-0.25, -0.2) is 0 Å². The number of rotatable bonds is 1. The predicted molar refractivity (Wildman–Crippen MR) is 148 cm³/mol. The van der Waals surface area contributed by atoms with Gasteiger partial charge in [0.2, 0.25) is 0 Å². The van der Waals surface area contributed by atoms with Gasteiger partial charge < -0.3 is 0 Å². The molecule has 8 rings (SSSR count). The second kappa shape index (κ2) is 6.56. The van der Waals surface area contributed by atoms with Crippen molar-refractivity contribution < 1.29 is 0 Å². The maximum absolute atomic E-state index is 2.40. The summed E-state index contributed by atoms with van der Waals surface area (Å²) in [4.78, 5) is 0. The van der Waals surface area contributed by atoms with Crippen LogP contribution < -0.4 is 0 Å². The van der Waals surface area contributed by atoms with Crippen LogP contribution in [-0.4, -0.2) is 0 Å². The van der Waals surface area contributed by atoms with Crippen LogP contribution in [0.5, 0.6) is 0 Å². The van der Waals surface area contributed by atoms with E-state index in [1.54, 1.807) is 0 Å². The first-order valence-electron chi connectivity index (χ1n) is 11.9. The fourth-order valence-corrected chi connectivity index (χ4v) is 6.06. The maximum Gasteiger partial charge on any atom is -0.00206 e. The van der Waals surface area contributed by atoms with E-state index in [-0.39, 0.29) is 0 Å². The normalized spacial score (nSPS) is 12.1. The fourth-order valence-electron chi connectivity index (χ4n) is 6.06. The summed E-state index contributed by atoms with van der Waals surface area (Å²) < 4.78 is 0. The van der Waals surface area contributed by atoms with Crippen molar-refractivity contribution in [3.05, 3.63) is 121 Å². The third-order valence-electron chi connectivity index (χ3n) is 7.58. The van der Waals surface area contributed by atoms with Crippen LogP contribution in [0, 0.1) is 0 Å². The Morgan fingerprint density at radius 2 is 0.794 bits per heavy atom. The lowest BCUT2D eigenvalue weighted by Gasteiger charge is -2.15. The van der Waals surface area contributed by atoms with E-state index in [1.807, 2.05) is 0 Å². The van der Waals surface area contributed by atoms with Crippen molar-refractivity contribution in [2.75, 3.05) is 0 Å². The van der Waals surface area contributed by atoms with E-state index in [4.69, 9.17) is 0 Å². The Morgan fingerprint density at radius 3 is 1.47 bits per heavy atom. The molecule has 0 radical (unpaired) electrons. The molecule has 0 nitrogen and oxygen atoms in total. The van der Waals surface area contributed by atoms with Crippen molar-refractivity contribution in [1.82, 2.24) is 0 Å². The standard InChI is InChI=1S/C34H20/c1-2-10-28-26(8-1)27-9-3-4-11-29(27)32-20-24(16-18-30(28)32)25-17-14-23-13-12-21-6-5-7-22-15-19-31(25)34(23)33(21)22/h1-20H. The first-order valence-corrected chi connectivity index (χ1v) is 11.9. The van der Waals surface area contributed by atoms with Gasteiger partial charge in [0, 0.05) is 0 Å². The molecular weight excluding hydrogens is 408 g/mol. The van der Waals surface area contributed by atoms with E-state index in [1.165, 1.54) is 75.8 Å². The lowest BCUT2D eigenvalue weighted by molar-refractivity contribution is 1.71. The van der Waals surface area contributed by atoms with Gasteiger partial charge in [-0.05, 0) is 81.8 Å². The van der Waals surface area contributed by atoms with Gasteiger partial charge in [-0.3, -0.25) is 0 Å². The Labute approximate surface area is 197 Å². The Kier molecular flexibility index (Phi) is 3.48. The molecule has 0 aliphatic carbocycles. The van der Waals surface area contributed by atoms with Crippen molar-refractivity contribution in [1.29, 1.82) is 0 Å². The van der Waals surface area contributed by atoms with Crippen LogP contribution >= 0.6 is 0 Å². The minimum atomic E-state index is 1.27. The van der Waals surface area contributed by atoms with Crippen LogP contribution in [0.1, 0.15) is 0 Å². The highest BCUT2D eigenvalue weighted by Gasteiger charge is 2.14. The van der Waals surface area contributed by atoms with Crippen LogP contribution in [0.3, 0.4) is 0 Å². The average Bonchev–Trinajstić information content (AvgIpc) is 2.91. The van der Waals surface area contributed by atoms with E-state index in [2.05, 4.69) is 121 Å². The van der Waals surface area contributed by atoms with E-state index < -0.39 is 0 Å². The summed E-state index contributed by atoms with van der Waals surface area (Å²) >= 11 is 0. The van der Waals surface area contributed by atoms with Gasteiger partial charge in [0.15, 0.2) is 0 Å². The van der Waals surface area contributed by atoms with Gasteiger partial charge in [-0.15, -0.1) is 0 Å². The van der Waals surface area contributed by atoms with Crippen molar-refractivity contribution in [2.45, 2.75) is 0 Å². The van der Waals surface area contributed by atoms with Crippen LogP contribution in [-0.2, 0) is 0 Å². The lowest BCUT2D eigenvalue weighted by Crippen LogP contribution is -1.88. The van der Waals surface area contributed by atoms with Gasteiger partial charge >= 0.3 is 0 Å². The van der Waals surface area contributed by atoms with Crippen LogP contribution in [0.4, 0.5) is 0 Å². The van der Waals surface area contributed by atoms with Crippen molar-refractivity contribution >= 4 is 64.6 Å². The van der Waals surface area contributed by atoms with E-state index >= 15 is 0 Å². The van der Waals surface area contributed by atoms with E-state index in [0.29, 0.717) is 0 Å². The molecule has 34 heavy (non-hydrogen) atoms. The molecule has 0 saturated heterocycles. The molecule has 0 atom stereocenters. The van der Waals surface area contributed by atoms with Crippen molar-refractivity contribution in [2.24, 2.45) is 0 Å². The number of hydrogen-bond acceptors (Lipinski definition) is 0. The molecule has 0 bridgehead atoms. The number of fused-ring (bicyclic) bond motifs is 6. The number of benzene rings is 8. The van der Waals surface area contributed by atoms with Crippen LogP contribution in [0.15, 0.2) is 121 Å². The molecule has 0 amide bonds. The molecule has 0 saturated carbocycles. The summed E-state index contributed by atoms with van der Waals surface area (Å²) in [6.45, 7) is 0. The summed E-state index contributed by atoms with van der Waals surface area (Å²) in [6, 6.07) is 44.9. The monoisotopic (exact) mass is 428 g/mol. The zero-order valence-corrected chi connectivity index (χ0v) is 18.5. The van der Waals surface area contributed by atoms with Crippen LogP contribution in [0.2, 0.25) is 0 Å². The zero-order valence-electron chi connectivity index (χ0n) is 18.5. The minimum Gasteiger partial charge on any atom is -0.0616 e. The molecule has 0 N–H and O–H groups in total. The Morgan fingerprint density at radius 1 is 0.294 bits per heavy atom. The smallest absolute Gasteiger partial charge is 0.00206 e. The van der Waals surface area contributed by atoms with Gasteiger partial charge in [0.25, 0.3) is 0 Å². The molecule has 0 aliphatic rings. The highest BCUT2D eigenvalue weighted by Crippen LogP contribution is 2.41. The quantitative estimate of drug-likeness (QED) is 0.228. The van der Waals surface area contributed by atoms with E-state index in [9.17, 15) is 0 Å². The molecule has 8 aromatic rings. The van der Waals surface area contributed by atoms with Gasteiger partial charge in [0.05, 0.1) is 0 Å². The molecule has 156 valence electrons. The van der Waals surface area contributed by atoms with Crippen LogP contribution in [0.25, 0.3) is 75.8 Å². The SMILES string of the molecule is c1cc2ccc3ccc(-c4ccc5c6ccccc6c6ccccc6c5c4)c4ccc(c1)c2c34.